The number of rotatable bonds is 3. The minimum absolute atomic E-state index is 0.0856. The molecule has 1 heterocycles. The molecule has 1 N–H and O–H groups in total. The molecule has 0 spiro atoms. The molecule has 3 rings (SSSR count). The zero-order chi connectivity index (χ0) is 15.5. The molecule has 1 saturated heterocycles. The zero-order valence-electron chi connectivity index (χ0n) is 13.9. The van der Waals surface area contributed by atoms with E-state index in [9.17, 15) is 4.79 Å². The SMILES string of the molecule is Cc1ccc(C(=O)NC2CCN(C3CCCC3)CC2)cc1C. The van der Waals surface area contributed by atoms with Crippen LogP contribution in [-0.2, 0) is 0 Å². The maximum absolute atomic E-state index is 12.4. The molecule has 1 amide bonds. The van der Waals surface area contributed by atoms with Crippen LogP contribution >= 0.6 is 0 Å². The van der Waals surface area contributed by atoms with Crippen LogP contribution in [0.5, 0.6) is 0 Å². The second-order valence-corrected chi connectivity index (χ2v) is 7.02. The molecule has 2 fully saturated rings. The number of piperidine rings is 1. The average Bonchev–Trinajstić information content (AvgIpc) is 3.05. The van der Waals surface area contributed by atoms with Crippen LogP contribution < -0.4 is 5.32 Å². The Labute approximate surface area is 134 Å². The maximum Gasteiger partial charge on any atom is 0.251 e. The van der Waals surface area contributed by atoms with Crippen molar-refractivity contribution in [1.29, 1.82) is 0 Å². The van der Waals surface area contributed by atoms with Crippen LogP contribution in [0.2, 0.25) is 0 Å². The van der Waals surface area contributed by atoms with Gasteiger partial charge in [0.05, 0.1) is 0 Å². The van der Waals surface area contributed by atoms with Crippen molar-refractivity contribution in [2.24, 2.45) is 0 Å². The molecule has 3 nitrogen and oxygen atoms in total. The summed E-state index contributed by atoms with van der Waals surface area (Å²) in [5.41, 5.74) is 3.21. The predicted molar refractivity (Wildman–Crippen MR) is 90.2 cm³/mol. The molecule has 3 heteroatoms. The monoisotopic (exact) mass is 300 g/mol. The minimum Gasteiger partial charge on any atom is -0.349 e. The molecule has 0 atom stereocenters. The lowest BCUT2D eigenvalue weighted by molar-refractivity contribution is 0.0892. The molecule has 1 saturated carbocycles. The summed E-state index contributed by atoms with van der Waals surface area (Å²) in [5.74, 6) is 0.0856. The molecular formula is C19H28N2O. The highest BCUT2D eigenvalue weighted by Gasteiger charge is 2.27. The molecule has 0 aromatic heterocycles. The highest BCUT2D eigenvalue weighted by molar-refractivity contribution is 5.94. The third kappa shape index (κ3) is 3.52. The van der Waals surface area contributed by atoms with Gasteiger partial charge in [0.2, 0.25) is 0 Å². The first-order chi connectivity index (χ1) is 10.6. The fourth-order valence-corrected chi connectivity index (χ4v) is 3.83. The molecule has 1 aliphatic carbocycles. The van der Waals surface area contributed by atoms with Gasteiger partial charge in [0.1, 0.15) is 0 Å². The summed E-state index contributed by atoms with van der Waals surface area (Å²) in [6, 6.07) is 7.12. The van der Waals surface area contributed by atoms with Gasteiger partial charge in [0.25, 0.3) is 5.91 Å². The number of nitrogens with one attached hydrogen (secondary N) is 1. The fourth-order valence-electron chi connectivity index (χ4n) is 3.83. The summed E-state index contributed by atoms with van der Waals surface area (Å²) < 4.78 is 0. The largest absolute Gasteiger partial charge is 0.349 e. The van der Waals surface area contributed by atoms with Crippen LogP contribution in [0, 0.1) is 13.8 Å². The lowest BCUT2D eigenvalue weighted by Crippen LogP contribution is -2.47. The first-order valence-electron chi connectivity index (χ1n) is 8.75. The van der Waals surface area contributed by atoms with Gasteiger partial charge in [-0.2, -0.15) is 0 Å². The summed E-state index contributed by atoms with van der Waals surface area (Å²) in [6.45, 7) is 6.42. The van der Waals surface area contributed by atoms with Gasteiger partial charge in [-0.3, -0.25) is 4.79 Å². The van der Waals surface area contributed by atoms with Crippen molar-refractivity contribution in [3.05, 3.63) is 34.9 Å². The van der Waals surface area contributed by atoms with Crippen molar-refractivity contribution in [3.63, 3.8) is 0 Å². The van der Waals surface area contributed by atoms with Gasteiger partial charge < -0.3 is 10.2 Å². The Bertz CT molecular complexity index is 526. The van der Waals surface area contributed by atoms with E-state index >= 15 is 0 Å². The Hall–Kier alpha value is -1.35. The van der Waals surface area contributed by atoms with Gasteiger partial charge in [-0.25, -0.2) is 0 Å². The van der Waals surface area contributed by atoms with E-state index in [0.29, 0.717) is 6.04 Å². The molecule has 0 radical (unpaired) electrons. The van der Waals surface area contributed by atoms with Crippen LogP contribution in [0.1, 0.15) is 60.0 Å². The summed E-state index contributed by atoms with van der Waals surface area (Å²) in [6.07, 6.45) is 7.72. The van der Waals surface area contributed by atoms with Crippen LogP contribution in [0.4, 0.5) is 0 Å². The molecule has 0 unspecified atom stereocenters. The number of carbonyl (C=O) groups excluding carboxylic acids is 1. The second kappa shape index (κ2) is 6.82. The molecular weight excluding hydrogens is 272 g/mol. The minimum atomic E-state index is 0.0856. The van der Waals surface area contributed by atoms with Crippen molar-refractivity contribution >= 4 is 5.91 Å². The summed E-state index contributed by atoms with van der Waals surface area (Å²) >= 11 is 0. The smallest absolute Gasteiger partial charge is 0.251 e. The first kappa shape index (κ1) is 15.5. The van der Waals surface area contributed by atoms with Gasteiger partial charge in [-0.05, 0) is 62.8 Å². The Morgan fingerprint density at radius 2 is 1.73 bits per heavy atom. The topological polar surface area (TPSA) is 32.3 Å². The Morgan fingerprint density at radius 1 is 1.05 bits per heavy atom. The number of likely N-dealkylation sites (tertiary alicyclic amines) is 1. The van der Waals surface area contributed by atoms with Crippen molar-refractivity contribution in [2.45, 2.75) is 64.5 Å². The lowest BCUT2D eigenvalue weighted by Gasteiger charge is -2.36. The molecule has 1 aromatic carbocycles. The molecule has 2 aliphatic rings. The number of hydrogen-bond acceptors (Lipinski definition) is 2. The number of carbonyl (C=O) groups is 1. The highest BCUT2D eigenvalue weighted by Crippen LogP contribution is 2.26. The van der Waals surface area contributed by atoms with E-state index in [4.69, 9.17) is 0 Å². The summed E-state index contributed by atoms with van der Waals surface area (Å²) in [7, 11) is 0. The molecule has 1 aliphatic heterocycles. The number of benzene rings is 1. The maximum atomic E-state index is 12.4. The molecule has 0 bridgehead atoms. The predicted octanol–water partition coefficient (Wildman–Crippen LogP) is 3.44. The van der Waals surface area contributed by atoms with Gasteiger partial charge >= 0.3 is 0 Å². The van der Waals surface area contributed by atoms with Gasteiger partial charge in [-0.15, -0.1) is 0 Å². The van der Waals surface area contributed by atoms with Crippen LogP contribution in [0.25, 0.3) is 0 Å². The van der Waals surface area contributed by atoms with Gasteiger partial charge in [-0.1, -0.05) is 18.9 Å². The average molecular weight is 300 g/mol. The molecule has 22 heavy (non-hydrogen) atoms. The lowest BCUT2D eigenvalue weighted by atomic mass is 10.0. The fraction of sp³-hybridized carbons (Fsp3) is 0.632. The third-order valence-electron chi connectivity index (χ3n) is 5.47. The number of aryl methyl sites for hydroxylation is 2. The van der Waals surface area contributed by atoms with E-state index in [1.54, 1.807) is 0 Å². The normalized spacial score (nSPS) is 21.2. The standard InChI is InChI=1S/C19H28N2O/c1-14-7-8-16(13-15(14)2)19(22)20-17-9-11-21(12-10-17)18-5-3-4-6-18/h7-8,13,17-18H,3-6,9-12H2,1-2H3,(H,20,22). The first-order valence-corrected chi connectivity index (χ1v) is 8.75. The van der Waals surface area contributed by atoms with Crippen LogP contribution in [0.3, 0.4) is 0 Å². The zero-order valence-corrected chi connectivity index (χ0v) is 13.9. The van der Waals surface area contributed by atoms with Gasteiger partial charge in [0.15, 0.2) is 0 Å². The Kier molecular flexibility index (Phi) is 4.82. The number of amides is 1. The Morgan fingerprint density at radius 3 is 2.36 bits per heavy atom. The summed E-state index contributed by atoms with van der Waals surface area (Å²) in [5, 5.41) is 3.23. The van der Waals surface area contributed by atoms with Crippen molar-refractivity contribution < 1.29 is 4.79 Å². The van der Waals surface area contributed by atoms with E-state index in [-0.39, 0.29) is 5.91 Å². The van der Waals surface area contributed by atoms with E-state index in [2.05, 4.69) is 24.1 Å². The van der Waals surface area contributed by atoms with Gasteiger partial charge in [0, 0.05) is 30.7 Å². The second-order valence-electron chi connectivity index (χ2n) is 7.02. The molecule has 120 valence electrons. The van der Waals surface area contributed by atoms with E-state index in [1.807, 2.05) is 18.2 Å². The number of hydrogen-bond donors (Lipinski definition) is 1. The van der Waals surface area contributed by atoms with E-state index in [1.165, 1.54) is 36.8 Å². The van der Waals surface area contributed by atoms with E-state index < -0.39 is 0 Å². The van der Waals surface area contributed by atoms with Crippen LogP contribution in [0.15, 0.2) is 18.2 Å². The van der Waals surface area contributed by atoms with Crippen LogP contribution in [-0.4, -0.2) is 36.0 Å². The van der Waals surface area contributed by atoms with E-state index in [0.717, 1.165) is 37.5 Å². The highest BCUT2D eigenvalue weighted by atomic mass is 16.1. The number of nitrogens with zero attached hydrogens (tertiary/aromatic N) is 1. The Balaban J connectivity index is 1.51. The third-order valence-corrected chi connectivity index (χ3v) is 5.47. The van der Waals surface area contributed by atoms with Crippen molar-refractivity contribution in [1.82, 2.24) is 10.2 Å². The van der Waals surface area contributed by atoms with Crippen molar-refractivity contribution in [3.8, 4) is 0 Å². The quantitative estimate of drug-likeness (QED) is 0.927. The van der Waals surface area contributed by atoms with Crippen molar-refractivity contribution in [2.75, 3.05) is 13.1 Å². The molecule has 1 aromatic rings. The summed E-state index contributed by atoms with van der Waals surface area (Å²) in [4.78, 5) is 15.0.